The van der Waals surface area contributed by atoms with Gasteiger partial charge in [0.1, 0.15) is 0 Å². The predicted molar refractivity (Wildman–Crippen MR) is 68.5 cm³/mol. The van der Waals surface area contributed by atoms with Crippen molar-refractivity contribution in [2.24, 2.45) is 0 Å². The third-order valence-corrected chi connectivity index (χ3v) is 4.80. The molecule has 0 bridgehead atoms. The minimum atomic E-state index is -0.172. The third kappa shape index (κ3) is 4.75. The van der Waals surface area contributed by atoms with E-state index < -0.39 is 0 Å². The Morgan fingerprint density at radius 3 is 2.53 bits per heavy atom. The standard InChI is InChI=1S/C12H25NOS/c1-11(14)6-9-13-10-12(15-2)7-4-3-5-8-12/h11,13-14H,3-10H2,1-2H3. The monoisotopic (exact) mass is 231 g/mol. The quantitative estimate of drug-likeness (QED) is 0.689. The topological polar surface area (TPSA) is 32.3 Å². The van der Waals surface area contributed by atoms with Crippen molar-refractivity contribution >= 4 is 11.8 Å². The predicted octanol–water partition coefficient (Wildman–Crippen LogP) is 2.41. The van der Waals surface area contributed by atoms with Crippen LogP contribution in [0.3, 0.4) is 0 Å². The van der Waals surface area contributed by atoms with Gasteiger partial charge >= 0.3 is 0 Å². The summed E-state index contributed by atoms with van der Waals surface area (Å²) in [4.78, 5) is 0. The van der Waals surface area contributed by atoms with Gasteiger partial charge in [0.25, 0.3) is 0 Å². The van der Waals surface area contributed by atoms with Gasteiger partial charge in [-0.05, 0) is 39.0 Å². The molecule has 0 amide bonds. The summed E-state index contributed by atoms with van der Waals surface area (Å²) in [7, 11) is 0. The molecule has 0 aromatic heterocycles. The van der Waals surface area contributed by atoms with E-state index in [4.69, 9.17) is 5.11 Å². The highest BCUT2D eigenvalue weighted by Crippen LogP contribution is 2.37. The summed E-state index contributed by atoms with van der Waals surface area (Å²) in [6.45, 7) is 3.91. The number of hydrogen-bond acceptors (Lipinski definition) is 3. The van der Waals surface area contributed by atoms with Crippen LogP contribution in [-0.4, -0.2) is 35.3 Å². The molecular formula is C12H25NOS. The Kier molecular flexibility index (Phi) is 6.02. The molecule has 2 N–H and O–H groups in total. The molecule has 0 radical (unpaired) electrons. The van der Waals surface area contributed by atoms with Gasteiger partial charge in [0.15, 0.2) is 0 Å². The van der Waals surface area contributed by atoms with Crippen molar-refractivity contribution in [2.75, 3.05) is 19.3 Å². The highest BCUT2D eigenvalue weighted by molar-refractivity contribution is 8.00. The molecule has 0 heterocycles. The van der Waals surface area contributed by atoms with E-state index in [0.717, 1.165) is 19.5 Å². The number of hydrogen-bond donors (Lipinski definition) is 2. The van der Waals surface area contributed by atoms with E-state index in [1.807, 2.05) is 18.7 Å². The minimum Gasteiger partial charge on any atom is -0.393 e. The van der Waals surface area contributed by atoms with E-state index in [9.17, 15) is 0 Å². The smallest absolute Gasteiger partial charge is 0.0524 e. The Hall–Kier alpha value is 0.270. The number of nitrogens with one attached hydrogen (secondary N) is 1. The van der Waals surface area contributed by atoms with Crippen molar-refractivity contribution in [1.82, 2.24) is 5.32 Å². The second kappa shape index (κ2) is 6.77. The van der Waals surface area contributed by atoms with Gasteiger partial charge in [0.05, 0.1) is 6.10 Å². The molecule has 15 heavy (non-hydrogen) atoms. The van der Waals surface area contributed by atoms with Crippen molar-refractivity contribution in [3.63, 3.8) is 0 Å². The third-order valence-electron chi connectivity index (χ3n) is 3.38. The summed E-state index contributed by atoms with van der Waals surface area (Å²) >= 11 is 2.03. The Balaban J connectivity index is 2.20. The Bertz CT molecular complexity index is 167. The van der Waals surface area contributed by atoms with Crippen LogP contribution in [-0.2, 0) is 0 Å². The van der Waals surface area contributed by atoms with Crippen molar-refractivity contribution in [2.45, 2.75) is 56.3 Å². The van der Waals surface area contributed by atoms with Gasteiger partial charge in [0.2, 0.25) is 0 Å². The van der Waals surface area contributed by atoms with Crippen molar-refractivity contribution < 1.29 is 5.11 Å². The first-order valence-electron chi connectivity index (χ1n) is 6.12. The van der Waals surface area contributed by atoms with Gasteiger partial charge < -0.3 is 10.4 Å². The second-order valence-electron chi connectivity index (χ2n) is 4.76. The molecule has 3 heteroatoms. The first-order chi connectivity index (χ1) is 7.18. The van der Waals surface area contributed by atoms with E-state index in [0.29, 0.717) is 4.75 Å². The van der Waals surface area contributed by atoms with Gasteiger partial charge in [-0.15, -0.1) is 0 Å². The summed E-state index contributed by atoms with van der Waals surface area (Å²) in [6, 6.07) is 0. The maximum absolute atomic E-state index is 9.17. The average Bonchev–Trinajstić information content (AvgIpc) is 2.26. The molecule has 1 rings (SSSR count). The molecule has 0 aliphatic heterocycles. The first-order valence-corrected chi connectivity index (χ1v) is 7.35. The van der Waals surface area contributed by atoms with Crippen molar-refractivity contribution in [3.8, 4) is 0 Å². The van der Waals surface area contributed by atoms with Gasteiger partial charge in [-0.1, -0.05) is 19.3 Å². The molecule has 0 aromatic rings. The molecule has 1 aliphatic carbocycles. The van der Waals surface area contributed by atoms with Crippen LogP contribution in [0, 0.1) is 0 Å². The lowest BCUT2D eigenvalue weighted by atomic mass is 9.88. The molecule has 1 fully saturated rings. The number of thioether (sulfide) groups is 1. The molecular weight excluding hydrogens is 206 g/mol. The zero-order chi connectivity index (χ0) is 11.1. The largest absolute Gasteiger partial charge is 0.393 e. The van der Waals surface area contributed by atoms with E-state index >= 15 is 0 Å². The highest BCUT2D eigenvalue weighted by atomic mass is 32.2. The molecule has 0 spiro atoms. The van der Waals surface area contributed by atoms with Crippen LogP contribution in [0.2, 0.25) is 0 Å². The second-order valence-corrected chi connectivity index (χ2v) is 6.04. The SMILES string of the molecule is CSC1(CNCCC(C)O)CCCCC1. The molecule has 1 unspecified atom stereocenters. The van der Waals surface area contributed by atoms with E-state index in [1.54, 1.807) is 0 Å². The van der Waals surface area contributed by atoms with Gasteiger partial charge in [-0.3, -0.25) is 0 Å². The van der Waals surface area contributed by atoms with Gasteiger partial charge in [-0.25, -0.2) is 0 Å². The zero-order valence-corrected chi connectivity index (χ0v) is 10.9. The Labute approximate surface area is 98.2 Å². The van der Waals surface area contributed by atoms with Crippen LogP contribution < -0.4 is 5.32 Å². The van der Waals surface area contributed by atoms with Gasteiger partial charge in [-0.2, -0.15) is 11.8 Å². The molecule has 0 saturated heterocycles. The van der Waals surface area contributed by atoms with Crippen LogP contribution in [0.1, 0.15) is 45.4 Å². The van der Waals surface area contributed by atoms with Crippen LogP contribution in [0.25, 0.3) is 0 Å². The average molecular weight is 231 g/mol. The molecule has 90 valence electrons. The van der Waals surface area contributed by atoms with Crippen LogP contribution in [0.15, 0.2) is 0 Å². The summed E-state index contributed by atoms with van der Waals surface area (Å²) in [5.74, 6) is 0. The fourth-order valence-electron chi connectivity index (χ4n) is 2.28. The van der Waals surface area contributed by atoms with Crippen molar-refractivity contribution in [3.05, 3.63) is 0 Å². The van der Waals surface area contributed by atoms with E-state index in [1.165, 1.54) is 32.1 Å². The Morgan fingerprint density at radius 1 is 1.33 bits per heavy atom. The lowest BCUT2D eigenvalue weighted by Crippen LogP contribution is -2.40. The van der Waals surface area contributed by atoms with E-state index in [2.05, 4.69) is 11.6 Å². The maximum Gasteiger partial charge on any atom is 0.0524 e. The van der Waals surface area contributed by atoms with Crippen LogP contribution in [0.5, 0.6) is 0 Å². The normalized spacial score (nSPS) is 22.6. The summed E-state index contributed by atoms with van der Waals surface area (Å²) < 4.78 is 0.483. The summed E-state index contributed by atoms with van der Waals surface area (Å²) in [5.41, 5.74) is 0. The van der Waals surface area contributed by atoms with Crippen molar-refractivity contribution in [1.29, 1.82) is 0 Å². The molecule has 1 aliphatic rings. The molecule has 0 aromatic carbocycles. The molecule has 1 atom stereocenters. The zero-order valence-electron chi connectivity index (χ0n) is 10.1. The Morgan fingerprint density at radius 2 is 2.00 bits per heavy atom. The fraction of sp³-hybridized carbons (Fsp3) is 1.00. The van der Waals surface area contributed by atoms with Crippen LogP contribution >= 0.6 is 11.8 Å². The maximum atomic E-state index is 9.17. The lowest BCUT2D eigenvalue weighted by Gasteiger charge is -2.36. The molecule has 2 nitrogen and oxygen atoms in total. The van der Waals surface area contributed by atoms with Crippen LogP contribution in [0.4, 0.5) is 0 Å². The summed E-state index contributed by atoms with van der Waals surface area (Å²) in [6.07, 6.45) is 9.83. The van der Waals surface area contributed by atoms with E-state index in [-0.39, 0.29) is 6.10 Å². The lowest BCUT2D eigenvalue weighted by molar-refractivity contribution is 0.183. The number of aliphatic hydroxyl groups is 1. The number of aliphatic hydroxyl groups excluding tert-OH is 1. The number of rotatable bonds is 6. The highest BCUT2D eigenvalue weighted by Gasteiger charge is 2.30. The molecule has 1 saturated carbocycles. The first kappa shape index (κ1) is 13.3. The van der Waals surface area contributed by atoms with Gasteiger partial charge in [0, 0.05) is 11.3 Å². The fourth-order valence-corrected chi connectivity index (χ4v) is 3.22. The minimum absolute atomic E-state index is 0.172. The summed E-state index contributed by atoms with van der Waals surface area (Å²) in [5, 5.41) is 12.7.